The Morgan fingerprint density at radius 2 is 1.70 bits per heavy atom. The van der Waals surface area contributed by atoms with E-state index in [2.05, 4.69) is 10.6 Å². The molecule has 0 atom stereocenters. The first-order valence-corrected chi connectivity index (χ1v) is 7.86. The third kappa shape index (κ3) is 4.94. The van der Waals surface area contributed by atoms with Crippen LogP contribution < -0.4 is 16.4 Å². The van der Waals surface area contributed by atoms with E-state index in [0.29, 0.717) is 12.8 Å². The maximum Gasteiger partial charge on any atom is 0.243 e. The second-order valence-corrected chi connectivity index (χ2v) is 6.21. The summed E-state index contributed by atoms with van der Waals surface area (Å²) < 4.78 is 0. The van der Waals surface area contributed by atoms with Gasteiger partial charge in [-0.25, -0.2) is 0 Å². The predicted molar refractivity (Wildman–Crippen MR) is 94.8 cm³/mol. The van der Waals surface area contributed by atoms with Crippen LogP contribution in [0.2, 0.25) is 0 Å². The molecule has 0 spiro atoms. The normalized spacial score (nSPS) is 16.1. The molecule has 1 fully saturated rings. The lowest BCUT2D eigenvalue weighted by Crippen LogP contribution is -2.56. The van der Waals surface area contributed by atoms with Gasteiger partial charge in [-0.3, -0.25) is 9.59 Å². The lowest BCUT2D eigenvalue weighted by atomic mass is 9.82. The van der Waals surface area contributed by atoms with Crippen LogP contribution in [0.15, 0.2) is 18.2 Å². The number of para-hydroxylation sites is 1. The molecule has 1 aromatic rings. The van der Waals surface area contributed by atoms with Gasteiger partial charge in [0.25, 0.3) is 0 Å². The number of nitrogens with one attached hydrogen (secondary N) is 2. The Balaban J connectivity index is 0.00000264. The van der Waals surface area contributed by atoms with Crippen molar-refractivity contribution in [3.63, 3.8) is 0 Å². The average Bonchev–Trinajstić information content (AvgIpc) is 2.49. The third-order valence-corrected chi connectivity index (χ3v) is 4.35. The van der Waals surface area contributed by atoms with Crippen molar-refractivity contribution < 1.29 is 9.59 Å². The molecule has 23 heavy (non-hydrogen) atoms. The first-order chi connectivity index (χ1) is 10.4. The number of hydrogen-bond acceptors (Lipinski definition) is 3. The number of nitrogens with two attached hydrogens (primary N) is 1. The van der Waals surface area contributed by atoms with Crippen LogP contribution in [0.5, 0.6) is 0 Å². The van der Waals surface area contributed by atoms with E-state index in [-0.39, 0.29) is 30.8 Å². The lowest BCUT2D eigenvalue weighted by molar-refractivity contribution is -0.129. The van der Waals surface area contributed by atoms with Crippen LogP contribution in [0.4, 0.5) is 5.69 Å². The fourth-order valence-electron chi connectivity index (χ4n) is 2.94. The first-order valence-electron chi connectivity index (χ1n) is 7.86. The van der Waals surface area contributed by atoms with Gasteiger partial charge in [0.1, 0.15) is 0 Å². The van der Waals surface area contributed by atoms with Gasteiger partial charge in [0, 0.05) is 5.69 Å². The maximum absolute atomic E-state index is 12.2. The fourth-order valence-corrected chi connectivity index (χ4v) is 2.94. The number of aryl methyl sites for hydroxylation is 2. The zero-order valence-corrected chi connectivity index (χ0v) is 14.6. The number of anilines is 1. The molecule has 128 valence electrons. The molecule has 5 nitrogen and oxygen atoms in total. The topological polar surface area (TPSA) is 84.2 Å². The number of rotatable bonds is 4. The largest absolute Gasteiger partial charge is 0.345 e. The van der Waals surface area contributed by atoms with E-state index in [1.807, 2.05) is 32.0 Å². The van der Waals surface area contributed by atoms with E-state index in [1.165, 1.54) is 0 Å². The molecule has 0 unspecified atom stereocenters. The Labute approximate surface area is 143 Å². The van der Waals surface area contributed by atoms with Gasteiger partial charge in [0.05, 0.1) is 12.1 Å². The van der Waals surface area contributed by atoms with E-state index in [1.54, 1.807) is 0 Å². The van der Waals surface area contributed by atoms with Crippen molar-refractivity contribution in [2.24, 2.45) is 5.73 Å². The number of benzene rings is 1. The monoisotopic (exact) mass is 339 g/mol. The second-order valence-electron chi connectivity index (χ2n) is 6.21. The van der Waals surface area contributed by atoms with Crippen LogP contribution in [0.3, 0.4) is 0 Å². The number of halogens is 1. The summed E-state index contributed by atoms with van der Waals surface area (Å²) >= 11 is 0. The Kier molecular flexibility index (Phi) is 7.03. The average molecular weight is 340 g/mol. The standard InChI is InChI=1S/C17H25N3O2.ClH/c1-12-7-6-8-13(2)15(12)20-14(21)11-19-16(22)17(18)9-4-3-5-10-17;/h6-8H,3-5,9-11,18H2,1-2H3,(H,19,22)(H,20,21);1H. The molecule has 1 aliphatic rings. The highest BCUT2D eigenvalue weighted by molar-refractivity contribution is 5.97. The van der Waals surface area contributed by atoms with Crippen molar-refractivity contribution in [3.8, 4) is 0 Å². The summed E-state index contributed by atoms with van der Waals surface area (Å²) in [7, 11) is 0. The van der Waals surface area contributed by atoms with Gasteiger partial charge >= 0.3 is 0 Å². The summed E-state index contributed by atoms with van der Waals surface area (Å²) in [6.45, 7) is 3.84. The van der Waals surface area contributed by atoms with E-state index < -0.39 is 5.54 Å². The van der Waals surface area contributed by atoms with Crippen molar-refractivity contribution in [2.45, 2.75) is 51.5 Å². The van der Waals surface area contributed by atoms with Gasteiger partial charge < -0.3 is 16.4 Å². The highest BCUT2D eigenvalue weighted by atomic mass is 35.5. The van der Waals surface area contributed by atoms with E-state index in [9.17, 15) is 9.59 Å². The van der Waals surface area contributed by atoms with Gasteiger partial charge in [-0.15, -0.1) is 12.4 Å². The predicted octanol–water partition coefficient (Wildman–Crippen LogP) is 2.44. The molecule has 2 rings (SSSR count). The zero-order chi connectivity index (χ0) is 16.2. The smallest absolute Gasteiger partial charge is 0.243 e. The Bertz CT molecular complexity index is 549. The molecular formula is C17H26ClN3O2. The Morgan fingerprint density at radius 3 is 2.26 bits per heavy atom. The summed E-state index contributed by atoms with van der Waals surface area (Å²) in [5.74, 6) is -0.450. The molecule has 2 amide bonds. The quantitative estimate of drug-likeness (QED) is 0.787. The van der Waals surface area contributed by atoms with E-state index in [4.69, 9.17) is 5.73 Å². The van der Waals surface area contributed by atoms with Crippen LogP contribution in [-0.2, 0) is 9.59 Å². The van der Waals surface area contributed by atoms with Gasteiger partial charge in [-0.1, -0.05) is 37.5 Å². The molecule has 0 aromatic heterocycles. The van der Waals surface area contributed by atoms with Crippen molar-refractivity contribution in [1.29, 1.82) is 0 Å². The van der Waals surface area contributed by atoms with Gasteiger partial charge in [0.15, 0.2) is 0 Å². The number of carbonyl (C=O) groups excluding carboxylic acids is 2. The van der Waals surface area contributed by atoms with Crippen LogP contribution in [0.1, 0.15) is 43.2 Å². The van der Waals surface area contributed by atoms with Gasteiger partial charge in [-0.2, -0.15) is 0 Å². The number of hydrogen-bond donors (Lipinski definition) is 3. The van der Waals surface area contributed by atoms with E-state index in [0.717, 1.165) is 36.1 Å². The molecular weight excluding hydrogens is 314 g/mol. The van der Waals surface area contributed by atoms with Gasteiger partial charge in [-0.05, 0) is 37.8 Å². The molecule has 0 radical (unpaired) electrons. The summed E-state index contributed by atoms with van der Waals surface area (Å²) in [5.41, 5.74) is 8.15. The van der Waals surface area contributed by atoms with Crippen LogP contribution >= 0.6 is 12.4 Å². The molecule has 1 aliphatic carbocycles. The maximum atomic E-state index is 12.2. The summed E-state index contributed by atoms with van der Waals surface area (Å²) in [6.07, 6.45) is 4.45. The third-order valence-electron chi connectivity index (χ3n) is 4.35. The zero-order valence-electron chi connectivity index (χ0n) is 13.8. The highest BCUT2D eigenvalue weighted by Gasteiger charge is 2.35. The number of amides is 2. The second kappa shape index (κ2) is 8.31. The Hall–Kier alpha value is -1.59. The minimum Gasteiger partial charge on any atom is -0.345 e. The minimum atomic E-state index is -0.808. The fraction of sp³-hybridized carbons (Fsp3) is 0.529. The van der Waals surface area contributed by atoms with Gasteiger partial charge in [0.2, 0.25) is 11.8 Å². The van der Waals surface area contributed by atoms with Crippen LogP contribution in [0, 0.1) is 13.8 Å². The Morgan fingerprint density at radius 1 is 1.13 bits per heavy atom. The summed E-state index contributed by atoms with van der Waals surface area (Å²) in [4.78, 5) is 24.2. The minimum absolute atomic E-state index is 0. The van der Waals surface area contributed by atoms with Crippen molar-refractivity contribution in [1.82, 2.24) is 5.32 Å². The molecule has 0 aliphatic heterocycles. The number of carbonyl (C=O) groups is 2. The molecule has 1 aromatic carbocycles. The lowest BCUT2D eigenvalue weighted by Gasteiger charge is -2.31. The molecule has 4 N–H and O–H groups in total. The first kappa shape index (κ1) is 19.5. The van der Waals surface area contributed by atoms with Crippen molar-refractivity contribution in [3.05, 3.63) is 29.3 Å². The van der Waals surface area contributed by atoms with Crippen LogP contribution in [-0.4, -0.2) is 23.9 Å². The van der Waals surface area contributed by atoms with Crippen LogP contribution in [0.25, 0.3) is 0 Å². The van der Waals surface area contributed by atoms with Crippen molar-refractivity contribution >= 4 is 29.9 Å². The molecule has 1 saturated carbocycles. The molecule has 0 heterocycles. The highest BCUT2D eigenvalue weighted by Crippen LogP contribution is 2.26. The molecule has 6 heteroatoms. The molecule has 0 bridgehead atoms. The molecule has 0 saturated heterocycles. The summed E-state index contributed by atoms with van der Waals surface area (Å²) in [6, 6.07) is 5.83. The SMILES string of the molecule is Cc1cccc(C)c1NC(=O)CNC(=O)C1(N)CCCCC1.Cl. The van der Waals surface area contributed by atoms with E-state index >= 15 is 0 Å². The van der Waals surface area contributed by atoms with Crippen molar-refractivity contribution in [2.75, 3.05) is 11.9 Å². The summed E-state index contributed by atoms with van der Waals surface area (Å²) in [5, 5.41) is 5.53.